The molecular formula is C26H35ClN4O6. The molecular weight excluding hydrogens is 500 g/mol. The molecule has 0 bridgehead atoms. The molecule has 11 heteroatoms. The monoisotopic (exact) mass is 534 g/mol. The van der Waals surface area contributed by atoms with Crippen LogP contribution in [0.25, 0.3) is 10.9 Å². The number of amides is 3. The highest BCUT2D eigenvalue weighted by atomic mass is 35.5. The smallest absolute Gasteiger partial charge is 0.410 e. The number of alkyl carbamates (subject to hydrolysis) is 1. The molecule has 3 amide bonds. The molecule has 1 atom stereocenters. The second-order valence-corrected chi connectivity index (χ2v) is 10.8. The SMILES string of the molecule is COC(=O)NCCn1cc(Cl)c2ccc(CN(C(=O)[C@H]3CN(C(=O)OC(C)(C)C)CCO3)C3CC3)cc21. The second-order valence-electron chi connectivity index (χ2n) is 10.4. The molecule has 1 aliphatic heterocycles. The van der Waals surface area contributed by atoms with E-state index in [-0.39, 0.29) is 25.1 Å². The minimum Gasteiger partial charge on any atom is -0.453 e. The van der Waals surface area contributed by atoms with Gasteiger partial charge in [0.1, 0.15) is 5.60 Å². The number of carbonyl (C=O) groups is 3. The van der Waals surface area contributed by atoms with Gasteiger partial charge < -0.3 is 33.9 Å². The molecule has 37 heavy (non-hydrogen) atoms. The summed E-state index contributed by atoms with van der Waals surface area (Å²) >= 11 is 6.44. The number of halogens is 1. The Bertz CT molecular complexity index is 1160. The number of rotatable bonds is 7. The van der Waals surface area contributed by atoms with Gasteiger partial charge in [0.25, 0.3) is 5.91 Å². The van der Waals surface area contributed by atoms with E-state index in [0.29, 0.717) is 31.2 Å². The van der Waals surface area contributed by atoms with Gasteiger partial charge in [0.05, 0.1) is 25.3 Å². The second kappa shape index (κ2) is 11.2. The zero-order valence-electron chi connectivity index (χ0n) is 21.8. The maximum atomic E-state index is 13.5. The summed E-state index contributed by atoms with van der Waals surface area (Å²) in [6, 6.07) is 6.11. The van der Waals surface area contributed by atoms with Crippen LogP contribution in [0.3, 0.4) is 0 Å². The van der Waals surface area contributed by atoms with Crippen molar-refractivity contribution in [1.29, 1.82) is 0 Å². The third-order valence-electron chi connectivity index (χ3n) is 6.32. The summed E-state index contributed by atoms with van der Waals surface area (Å²) < 4.78 is 17.9. The Morgan fingerprint density at radius 1 is 1.24 bits per heavy atom. The first kappa shape index (κ1) is 27.1. The van der Waals surface area contributed by atoms with Crippen LogP contribution in [0.5, 0.6) is 0 Å². The maximum Gasteiger partial charge on any atom is 0.410 e. The Balaban J connectivity index is 1.46. The van der Waals surface area contributed by atoms with Crippen molar-refractivity contribution in [2.24, 2.45) is 0 Å². The summed E-state index contributed by atoms with van der Waals surface area (Å²) in [6.45, 7) is 7.63. The number of benzene rings is 1. The first-order valence-electron chi connectivity index (χ1n) is 12.5. The lowest BCUT2D eigenvalue weighted by molar-refractivity contribution is -0.150. The van der Waals surface area contributed by atoms with Crippen LogP contribution < -0.4 is 5.32 Å². The predicted octanol–water partition coefficient (Wildman–Crippen LogP) is 3.78. The van der Waals surface area contributed by atoms with Gasteiger partial charge in [0.2, 0.25) is 0 Å². The Morgan fingerprint density at radius 3 is 2.68 bits per heavy atom. The van der Waals surface area contributed by atoms with Crippen LogP contribution in [0.4, 0.5) is 9.59 Å². The number of nitrogens with zero attached hydrogens (tertiary/aromatic N) is 3. The molecule has 2 aliphatic rings. The average Bonchev–Trinajstić information content (AvgIpc) is 3.65. The normalized spacial score (nSPS) is 18.0. The standard InChI is InChI=1S/C26H35ClN4O6/c1-26(2,3)37-25(34)30-11-12-36-22(16-30)23(32)31(18-6-7-18)14-17-5-8-19-20(27)15-29(21(19)13-17)10-9-28-24(33)35-4/h5,8,13,15,18,22H,6-7,9-12,14,16H2,1-4H3,(H,28,33)/t22-/m1/s1. The number of methoxy groups -OCH3 is 1. The molecule has 202 valence electrons. The van der Waals surface area contributed by atoms with Gasteiger partial charge in [-0.25, -0.2) is 9.59 Å². The van der Waals surface area contributed by atoms with Crippen molar-refractivity contribution in [2.45, 2.75) is 64.4 Å². The minimum atomic E-state index is -0.728. The summed E-state index contributed by atoms with van der Waals surface area (Å²) in [5.74, 6) is -0.119. The molecule has 1 N–H and O–H groups in total. The highest BCUT2D eigenvalue weighted by molar-refractivity contribution is 6.35. The number of hydrogen-bond acceptors (Lipinski definition) is 6. The third kappa shape index (κ3) is 6.87. The van der Waals surface area contributed by atoms with Crippen molar-refractivity contribution in [3.05, 3.63) is 35.0 Å². The highest BCUT2D eigenvalue weighted by Crippen LogP contribution is 2.32. The van der Waals surface area contributed by atoms with Gasteiger partial charge in [-0.3, -0.25) is 4.79 Å². The summed E-state index contributed by atoms with van der Waals surface area (Å²) in [5, 5.41) is 4.19. The van der Waals surface area contributed by atoms with E-state index in [0.717, 1.165) is 29.3 Å². The Hall–Kier alpha value is -2.98. The quantitative estimate of drug-likeness (QED) is 0.580. The Labute approximate surface area is 221 Å². The van der Waals surface area contributed by atoms with Crippen LogP contribution >= 0.6 is 11.6 Å². The van der Waals surface area contributed by atoms with Crippen LogP contribution in [0, 0.1) is 0 Å². The number of fused-ring (bicyclic) bond motifs is 1. The summed E-state index contributed by atoms with van der Waals surface area (Å²) in [7, 11) is 1.32. The van der Waals surface area contributed by atoms with Crippen molar-refractivity contribution in [2.75, 3.05) is 33.4 Å². The summed E-state index contributed by atoms with van der Waals surface area (Å²) in [4.78, 5) is 40.9. The van der Waals surface area contributed by atoms with E-state index in [1.807, 2.05) is 54.6 Å². The van der Waals surface area contributed by atoms with Gasteiger partial charge in [-0.1, -0.05) is 23.7 Å². The number of nitrogens with one attached hydrogen (secondary N) is 1. The number of morpholine rings is 1. The molecule has 1 aliphatic carbocycles. The molecule has 0 spiro atoms. The van der Waals surface area contributed by atoms with Crippen molar-refractivity contribution >= 4 is 40.6 Å². The minimum absolute atomic E-state index is 0.119. The topological polar surface area (TPSA) is 102 Å². The maximum absolute atomic E-state index is 13.5. The molecule has 2 aromatic rings. The van der Waals surface area contributed by atoms with Gasteiger partial charge >= 0.3 is 12.2 Å². The molecule has 1 aromatic heterocycles. The fraction of sp³-hybridized carbons (Fsp3) is 0.577. The van der Waals surface area contributed by atoms with E-state index in [1.165, 1.54) is 7.11 Å². The molecule has 0 unspecified atom stereocenters. The van der Waals surface area contributed by atoms with Gasteiger partial charge in [-0.15, -0.1) is 0 Å². The highest BCUT2D eigenvalue weighted by Gasteiger charge is 2.39. The lowest BCUT2D eigenvalue weighted by Crippen LogP contribution is -2.53. The molecule has 4 rings (SSSR count). The lowest BCUT2D eigenvalue weighted by atomic mass is 10.1. The molecule has 1 saturated heterocycles. The van der Waals surface area contributed by atoms with E-state index in [4.69, 9.17) is 21.1 Å². The predicted molar refractivity (Wildman–Crippen MR) is 138 cm³/mol. The van der Waals surface area contributed by atoms with Crippen molar-refractivity contribution in [1.82, 2.24) is 19.7 Å². The zero-order valence-corrected chi connectivity index (χ0v) is 22.5. The number of hydrogen-bond donors (Lipinski definition) is 1. The largest absolute Gasteiger partial charge is 0.453 e. The van der Waals surface area contributed by atoms with E-state index < -0.39 is 23.9 Å². The van der Waals surface area contributed by atoms with E-state index in [2.05, 4.69) is 10.1 Å². The molecule has 10 nitrogen and oxygen atoms in total. The average molecular weight is 535 g/mol. The summed E-state index contributed by atoms with van der Waals surface area (Å²) in [5.41, 5.74) is 1.27. The van der Waals surface area contributed by atoms with Crippen LogP contribution in [0.2, 0.25) is 5.02 Å². The van der Waals surface area contributed by atoms with Gasteiger partial charge in [0, 0.05) is 49.3 Å². The zero-order chi connectivity index (χ0) is 26.7. The van der Waals surface area contributed by atoms with Gasteiger partial charge in [0.15, 0.2) is 6.10 Å². The van der Waals surface area contributed by atoms with E-state index >= 15 is 0 Å². The van der Waals surface area contributed by atoms with Crippen LogP contribution in [0.1, 0.15) is 39.2 Å². The van der Waals surface area contributed by atoms with E-state index in [1.54, 1.807) is 4.90 Å². The first-order valence-corrected chi connectivity index (χ1v) is 12.9. The van der Waals surface area contributed by atoms with Crippen LogP contribution in [-0.2, 0) is 32.1 Å². The number of aromatic nitrogens is 1. The first-order chi connectivity index (χ1) is 17.6. The third-order valence-corrected chi connectivity index (χ3v) is 6.62. The molecule has 2 fully saturated rings. The molecule has 2 heterocycles. The van der Waals surface area contributed by atoms with Crippen LogP contribution in [-0.4, -0.2) is 83.6 Å². The number of carbonyl (C=O) groups excluding carboxylic acids is 3. The molecule has 1 saturated carbocycles. The fourth-order valence-electron chi connectivity index (χ4n) is 4.37. The van der Waals surface area contributed by atoms with Gasteiger partial charge in [-0.2, -0.15) is 0 Å². The molecule has 0 radical (unpaired) electrons. The van der Waals surface area contributed by atoms with Crippen molar-refractivity contribution < 1.29 is 28.6 Å². The Morgan fingerprint density at radius 2 is 2.00 bits per heavy atom. The fourth-order valence-corrected chi connectivity index (χ4v) is 4.65. The number of ether oxygens (including phenoxy) is 3. The van der Waals surface area contributed by atoms with Gasteiger partial charge in [-0.05, 0) is 45.2 Å². The van der Waals surface area contributed by atoms with Crippen molar-refractivity contribution in [3.63, 3.8) is 0 Å². The van der Waals surface area contributed by atoms with Crippen LogP contribution in [0.15, 0.2) is 24.4 Å². The molecule has 1 aromatic carbocycles. The van der Waals surface area contributed by atoms with Crippen molar-refractivity contribution in [3.8, 4) is 0 Å². The summed E-state index contributed by atoms with van der Waals surface area (Å²) in [6.07, 6.45) is 2.07. The van der Waals surface area contributed by atoms with E-state index in [9.17, 15) is 14.4 Å². The Kier molecular flexibility index (Phi) is 8.18. The lowest BCUT2D eigenvalue weighted by Gasteiger charge is -2.36.